The van der Waals surface area contributed by atoms with Crippen molar-refractivity contribution in [3.8, 4) is 11.2 Å². The summed E-state index contributed by atoms with van der Waals surface area (Å²) in [6, 6.07) is 3.43. The Hall–Kier alpha value is -2.39. The van der Waals surface area contributed by atoms with Crippen LogP contribution >= 0.6 is 11.3 Å². The van der Waals surface area contributed by atoms with Crippen LogP contribution in [0.5, 0.6) is 0 Å². The van der Waals surface area contributed by atoms with Gasteiger partial charge in [0.2, 0.25) is 0 Å². The van der Waals surface area contributed by atoms with Crippen LogP contribution in [-0.2, 0) is 4.79 Å². The molecule has 2 heterocycles. The van der Waals surface area contributed by atoms with Crippen LogP contribution in [0.25, 0.3) is 11.2 Å². The van der Waals surface area contributed by atoms with Crippen molar-refractivity contribution in [2.45, 2.75) is 13.8 Å². The third kappa shape index (κ3) is 2.41. The highest BCUT2D eigenvalue weighted by Gasteiger charge is 2.11. The van der Waals surface area contributed by atoms with E-state index in [1.807, 2.05) is 29.9 Å². The number of nitrogens with zero attached hydrogens (tertiary/aromatic N) is 3. The molecule has 0 amide bonds. The molecule has 96 valence electrons. The fourth-order valence-electron chi connectivity index (χ4n) is 1.85. The van der Waals surface area contributed by atoms with Crippen LogP contribution in [0.4, 0.5) is 0 Å². The summed E-state index contributed by atoms with van der Waals surface area (Å²) in [5, 5.41) is 22.2. The fraction of sp³-hybridized carbons (Fsp3) is 0.154. The molecule has 2 rings (SSSR count). The zero-order chi connectivity index (χ0) is 14.0. The second kappa shape index (κ2) is 5.08. The summed E-state index contributed by atoms with van der Waals surface area (Å²) in [7, 11) is 0. The summed E-state index contributed by atoms with van der Waals surface area (Å²) in [5.74, 6) is -1.47. The van der Waals surface area contributed by atoms with Crippen molar-refractivity contribution < 1.29 is 9.90 Å². The van der Waals surface area contributed by atoms with Gasteiger partial charge in [-0.3, -0.25) is 4.57 Å². The molecule has 0 spiro atoms. The Bertz CT molecular complexity index is 690. The van der Waals surface area contributed by atoms with E-state index in [0.717, 1.165) is 16.5 Å². The maximum Gasteiger partial charge on any atom is 0.193 e. The summed E-state index contributed by atoms with van der Waals surface area (Å²) in [5.41, 5.74) is 2.05. The molecule has 0 aromatic carbocycles. The number of rotatable bonds is 3. The smallest absolute Gasteiger partial charge is 0.193 e. The average Bonchev–Trinajstić information content (AvgIpc) is 2.95. The molecule has 0 bridgehead atoms. The Morgan fingerprint density at radius 1 is 1.58 bits per heavy atom. The molecule has 6 heteroatoms. The van der Waals surface area contributed by atoms with Crippen molar-refractivity contribution in [3.63, 3.8) is 0 Å². The summed E-state index contributed by atoms with van der Waals surface area (Å²) >= 11 is 1.49. The normalized spacial score (nSPS) is 11.3. The summed E-state index contributed by atoms with van der Waals surface area (Å²) in [4.78, 5) is 15.0. The highest BCUT2D eigenvalue weighted by Crippen LogP contribution is 2.23. The number of nitriles is 1. The van der Waals surface area contributed by atoms with Crippen LogP contribution < -0.4 is 5.11 Å². The topological polar surface area (TPSA) is 81.7 Å². The van der Waals surface area contributed by atoms with E-state index in [2.05, 4.69) is 4.98 Å². The molecule has 2 aromatic rings. The van der Waals surface area contributed by atoms with Crippen molar-refractivity contribution in [2.75, 3.05) is 0 Å². The SMILES string of the molecule is Cc1cc(/C=C(\C#N)C(=O)[O-])c(C)n1-c1nccs1. The van der Waals surface area contributed by atoms with Crippen LogP contribution in [-0.4, -0.2) is 15.5 Å². The Balaban J connectivity index is 2.55. The Morgan fingerprint density at radius 2 is 2.32 bits per heavy atom. The molecule has 19 heavy (non-hydrogen) atoms. The lowest BCUT2D eigenvalue weighted by molar-refractivity contribution is -0.298. The molecule has 0 aliphatic rings. The second-order valence-electron chi connectivity index (χ2n) is 3.93. The van der Waals surface area contributed by atoms with Crippen LogP contribution in [0.15, 0.2) is 23.2 Å². The molecule has 2 aromatic heterocycles. The molecule has 0 saturated heterocycles. The fourth-order valence-corrected chi connectivity index (χ4v) is 2.60. The summed E-state index contributed by atoms with van der Waals surface area (Å²) in [6.45, 7) is 3.75. The third-order valence-corrected chi connectivity index (χ3v) is 3.48. The van der Waals surface area contributed by atoms with Gasteiger partial charge in [-0.25, -0.2) is 4.98 Å². The quantitative estimate of drug-likeness (QED) is 0.621. The van der Waals surface area contributed by atoms with E-state index < -0.39 is 5.97 Å². The molecular weight excluding hydrogens is 262 g/mol. The van der Waals surface area contributed by atoms with Crippen LogP contribution in [0.2, 0.25) is 0 Å². The van der Waals surface area contributed by atoms with Gasteiger partial charge in [0.1, 0.15) is 6.07 Å². The van der Waals surface area contributed by atoms with E-state index >= 15 is 0 Å². The molecule has 0 aliphatic carbocycles. The van der Waals surface area contributed by atoms with E-state index in [9.17, 15) is 9.90 Å². The zero-order valence-corrected chi connectivity index (χ0v) is 11.2. The van der Waals surface area contributed by atoms with E-state index in [4.69, 9.17) is 5.26 Å². The van der Waals surface area contributed by atoms with Crippen LogP contribution in [0, 0.1) is 25.2 Å². The Kier molecular flexibility index (Phi) is 3.49. The standard InChI is InChI=1S/C13H11N3O2S/c1-8-5-10(6-11(7-14)12(17)18)9(2)16(8)13-15-3-4-19-13/h3-6H,1-2H3,(H,17,18)/p-1/b11-6+. The van der Waals surface area contributed by atoms with Crippen molar-refractivity contribution in [3.05, 3.63) is 40.2 Å². The van der Waals surface area contributed by atoms with Crippen molar-refractivity contribution in [2.24, 2.45) is 0 Å². The average molecular weight is 272 g/mol. The number of aromatic nitrogens is 2. The summed E-state index contributed by atoms with van der Waals surface area (Å²) < 4.78 is 1.92. The minimum absolute atomic E-state index is 0.389. The monoisotopic (exact) mass is 272 g/mol. The molecular formula is C13H10N3O2S-. The number of carbonyl (C=O) groups is 1. The van der Waals surface area contributed by atoms with Crippen molar-refractivity contribution in [1.82, 2.24) is 9.55 Å². The lowest BCUT2D eigenvalue weighted by Crippen LogP contribution is -2.23. The second-order valence-corrected chi connectivity index (χ2v) is 4.81. The predicted molar refractivity (Wildman–Crippen MR) is 69.5 cm³/mol. The largest absolute Gasteiger partial charge is 0.544 e. The number of carboxylic acids is 1. The zero-order valence-electron chi connectivity index (χ0n) is 10.4. The minimum atomic E-state index is -1.47. The van der Waals surface area contributed by atoms with E-state index in [1.54, 1.807) is 12.3 Å². The maximum absolute atomic E-state index is 10.7. The minimum Gasteiger partial charge on any atom is -0.544 e. The first kappa shape index (κ1) is 13.1. The van der Waals surface area contributed by atoms with E-state index in [-0.39, 0.29) is 5.57 Å². The molecule has 0 atom stereocenters. The first-order chi connectivity index (χ1) is 9.04. The number of carbonyl (C=O) groups excluding carboxylic acids is 1. The van der Waals surface area contributed by atoms with E-state index in [1.165, 1.54) is 17.4 Å². The van der Waals surface area contributed by atoms with Gasteiger partial charge in [-0.15, -0.1) is 11.3 Å². The van der Waals surface area contributed by atoms with Gasteiger partial charge in [0.15, 0.2) is 5.13 Å². The van der Waals surface area contributed by atoms with E-state index in [0.29, 0.717) is 5.56 Å². The highest BCUT2D eigenvalue weighted by molar-refractivity contribution is 7.12. The number of carboxylic acid groups (broad SMARTS) is 1. The number of aliphatic carboxylic acids is 1. The number of aryl methyl sites for hydroxylation is 1. The van der Waals surface area contributed by atoms with Crippen LogP contribution in [0.3, 0.4) is 0 Å². The van der Waals surface area contributed by atoms with Gasteiger partial charge in [-0.2, -0.15) is 5.26 Å². The van der Waals surface area contributed by atoms with Crippen LogP contribution in [0.1, 0.15) is 17.0 Å². The lowest BCUT2D eigenvalue weighted by atomic mass is 10.1. The third-order valence-electron chi connectivity index (χ3n) is 2.72. The van der Waals surface area contributed by atoms with Gasteiger partial charge in [-0.1, -0.05) is 0 Å². The Morgan fingerprint density at radius 3 is 2.84 bits per heavy atom. The first-order valence-corrected chi connectivity index (χ1v) is 6.34. The maximum atomic E-state index is 10.7. The predicted octanol–water partition coefficient (Wildman–Crippen LogP) is 1.21. The van der Waals surface area contributed by atoms with Gasteiger partial charge in [0.05, 0.1) is 11.5 Å². The van der Waals surface area contributed by atoms with Gasteiger partial charge in [0, 0.05) is 23.0 Å². The lowest BCUT2D eigenvalue weighted by Gasteiger charge is -2.04. The number of hydrogen-bond donors (Lipinski definition) is 0. The molecule has 0 unspecified atom stereocenters. The number of thiazole rings is 1. The van der Waals surface area contributed by atoms with Gasteiger partial charge < -0.3 is 9.90 Å². The first-order valence-electron chi connectivity index (χ1n) is 5.46. The molecule has 0 fully saturated rings. The van der Waals surface area contributed by atoms with Crippen molar-refractivity contribution in [1.29, 1.82) is 5.26 Å². The van der Waals surface area contributed by atoms with Gasteiger partial charge in [-0.05, 0) is 31.6 Å². The van der Waals surface area contributed by atoms with Gasteiger partial charge in [0.25, 0.3) is 0 Å². The van der Waals surface area contributed by atoms with Gasteiger partial charge >= 0.3 is 0 Å². The highest BCUT2D eigenvalue weighted by atomic mass is 32.1. The molecule has 0 saturated carbocycles. The summed E-state index contributed by atoms with van der Waals surface area (Å²) in [6.07, 6.45) is 3.03. The van der Waals surface area contributed by atoms with Crippen molar-refractivity contribution >= 4 is 23.4 Å². The molecule has 5 nitrogen and oxygen atoms in total. The molecule has 0 N–H and O–H groups in total. The Labute approximate surface area is 114 Å². The molecule has 0 aliphatic heterocycles. The number of hydrogen-bond acceptors (Lipinski definition) is 5. The molecule has 0 radical (unpaired) electrons.